The summed E-state index contributed by atoms with van der Waals surface area (Å²) in [7, 11) is 0. The number of aryl methyl sites for hydroxylation is 1. The van der Waals surface area contributed by atoms with Gasteiger partial charge in [0.1, 0.15) is 17.6 Å². The van der Waals surface area contributed by atoms with Gasteiger partial charge in [0.25, 0.3) is 0 Å². The molecule has 0 spiro atoms. The number of imidazole rings is 1. The molecule has 0 amide bonds. The fraction of sp³-hybridized carbons (Fsp3) is 0.429. The molecule has 1 N–H and O–H groups in total. The molecule has 0 saturated carbocycles. The second-order valence-corrected chi connectivity index (χ2v) is 7.28. The lowest BCUT2D eigenvalue weighted by Crippen LogP contribution is -2.35. The van der Waals surface area contributed by atoms with Gasteiger partial charge >= 0.3 is 0 Å². The molecule has 1 aliphatic heterocycles. The minimum absolute atomic E-state index is 0.632. The van der Waals surface area contributed by atoms with Crippen molar-refractivity contribution in [1.82, 2.24) is 19.4 Å². The van der Waals surface area contributed by atoms with Gasteiger partial charge in [-0.05, 0) is 56.0 Å². The smallest absolute Gasteiger partial charge is 0.120 e. The van der Waals surface area contributed by atoms with E-state index in [0.29, 0.717) is 5.92 Å². The van der Waals surface area contributed by atoms with Crippen molar-refractivity contribution < 1.29 is 0 Å². The standard InChI is InChI=1S/C21H25N5/c1-2-26-15-17(10-18(26)12-22)14-25-9-5-6-16(13-25)11-21-23-19-7-3-4-8-20(19)24-21/h3-4,7-8,10,15-16H,2,5-6,9,11,13-14H2,1H3,(H,23,24). The van der Waals surface area contributed by atoms with Crippen LogP contribution in [0.4, 0.5) is 0 Å². The average Bonchev–Trinajstić information content (AvgIpc) is 3.24. The van der Waals surface area contributed by atoms with Crippen molar-refractivity contribution in [2.45, 2.75) is 39.3 Å². The number of nitriles is 1. The zero-order valence-electron chi connectivity index (χ0n) is 15.3. The molecule has 1 fully saturated rings. The molecule has 1 aliphatic rings. The van der Waals surface area contributed by atoms with Crippen LogP contribution >= 0.6 is 0 Å². The number of H-pyrrole nitrogens is 1. The summed E-state index contributed by atoms with van der Waals surface area (Å²) in [4.78, 5) is 10.7. The van der Waals surface area contributed by atoms with Gasteiger partial charge in [0.15, 0.2) is 0 Å². The van der Waals surface area contributed by atoms with E-state index in [1.165, 1.54) is 18.4 Å². The van der Waals surface area contributed by atoms with E-state index in [0.717, 1.165) is 55.2 Å². The number of hydrogen-bond donors (Lipinski definition) is 1. The Balaban J connectivity index is 1.41. The highest BCUT2D eigenvalue weighted by atomic mass is 15.1. The Morgan fingerprint density at radius 3 is 3.00 bits per heavy atom. The van der Waals surface area contributed by atoms with Crippen LogP contribution in [0.1, 0.15) is 36.8 Å². The molecule has 2 aromatic heterocycles. The van der Waals surface area contributed by atoms with Crippen molar-refractivity contribution in [1.29, 1.82) is 5.26 Å². The maximum Gasteiger partial charge on any atom is 0.120 e. The Labute approximate surface area is 154 Å². The molecule has 0 radical (unpaired) electrons. The summed E-state index contributed by atoms with van der Waals surface area (Å²) < 4.78 is 2.03. The lowest BCUT2D eigenvalue weighted by molar-refractivity contribution is 0.166. The molecule has 1 aromatic carbocycles. The molecule has 5 nitrogen and oxygen atoms in total. The van der Waals surface area contributed by atoms with E-state index in [1.807, 2.05) is 22.8 Å². The fourth-order valence-electron chi connectivity index (χ4n) is 4.11. The number of rotatable bonds is 5. The summed E-state index contributed by atoms with van der Waals surface area (Å²) in [5.41, 5.74) is 4.19. The van der Waals surface area contributed by atoms with Gasteiger partial charge in [-0.3, -0.25) is 4.90 Å². The number of hydrogen-bond acceptors (Lipinski definition) is 3. The third-order valence-corrected chi connectivity index (χ3v) is 5.34. The zero-order valence-corrected chi connectivity index (χ0v) is 15.3. The number of nitrogens with one attached hydrogen (secondary N) is 1. The minimum atomic E-state index is 0.632. The van der Waals surface area contributed by atoms with Gasteiger partial charge in [0.05, 0.1) is 11.0 Å². The Morgan fingerprint density at radius 1 is 1.35 bits per heavy atom. The predicted octanol–water partition coefficient (Wildman–Crippen LogP) is 3.71. The summed E-state index contributed by atoms with van der Waals surface area (Å²) in [6.07, 6.45) is 5.61. The van der Waals surface area contributed by atoms with Crippen LogP contribution in [-0.2, 0) is 19.5 Å². The van der Waals surface area contributed by atoms with Crippen molar-refractivity contribution in [3.05, 3.63) is 53.6 Å². The number of likely N-dealkylation sites (tertiary alicyclic amines) is 1. The van der Waals surface area contributed by atoms with E-state index in [9.17, 15) is 5.26 Å². The van der Waals surface area contributed by atoms with Crippen LogP contribution in [0.15, 0.2) is 36.5 Å². The molecule has 1 unspecified atom stereocenters. The van der Waals surface area contributed by atoms with Crippen molar-refractivity contribution in [2.75, 3.05) is 13.1 Å². The van der Waals surface area contributed by atoms with Crippen LogP contribution in [-0.4, -0.2) is 32.5 Å². The maximum atomic E-state index is 9.24. The molecule has 134 valence electrons. The number of benzene rings is 1. The Kier molecular flexibility index (Phi) is 4.77. The summed E-state index contributed by atoms with van der Waals surface area (Å²) in [6, 6.07) is 12.6. The molecular formula is C21H25N5. The Bertz CT molecular complexity index is 896. The number of nitrogens with zero attached hydrogens (tertiary/aromatic N) is 4. The molecule has 3 aromatic rings. The molecule has 3 heterocycles. The largest absolute Gasteiger partial charge is 0.342 e. The van der Waals surface area contributed by atoms with E-state index in [4.69, 9.17) is 4.98 Å². The number of para-hydroxylation sites is 2. The highest BCUT2D eigenvalue weighted by molar-refractivity contribution is 5.74. The third-order valence-electron chi connectivity index (χ3n) is 5.34. The normalized spacial score (nSPS) is 18.2. The molecule has 1 atom stereocenters. The third kappa shape index (κ3) is 3.51. The van der Waals surface area contributed by atoms with Crippen LogP contribution in [0.3, 0.4) is 0 Å². The van der Waals surface area contributed by atoms with E-state index in [-0.39, 0.29) is 0 Å². The second-order valence-electron chi connectivity index (χ2n) is 7.28. The summed E-state index contributed by atoms with van der Waals surface area (Å²) in [5.74, 6) is 1.73. The van der Waals surface area contributed by atoms with Gasteiger partial charge < -0.3 is 9.55 Å². The van der Waals surface area contributed by atoms with Gasteiger partial charge in [-0.2, -0.15) is 5.26 Å². The predicted molar refractivity (Wildman–Crippen MR) is 103 cm³/mol. The van der Waals surface area contributed by atoms with E-state index >= 15 is 0 Å². The second kappa shape index (κ2) is 7.35. The van der Waals surface area contributed by atoms with Gasteiger partial charge in [0, 0.05) is 32.3 Å². The molecule has 0 aliphatic carbocycles. The monoisotopic (exact) mass is 347 g/mol. The molecular weight excluding hydrogens is 322 g/mol. The van der Waals surface area contributed by atoms with Gasteiger partial charge in [-0.25, -0.2) is 4.98 Å². The quantitative estimate of drug-likeness (QED) is 0.765. The lowest BCUT2D eigenvalue weighted by atomic mass is 9.94. The zero-order chi connectivity index (χ0) is 17.9. The van der Waals surface area contributed by atoms with Crippen LogP contribution in [0, 0.1) is 17.2 Å². The van der Waals surface area contributed by atoms with Crippen molar-refractivity contribution in [2.24, 2.45) is 5.92 Å². The number of fused-ring (bicyclic) bond motifs is 1. The first-order valence-corrected chi connectivity index (χ1v) is 9.50. The molecule has 4 rings (SSSR count). The molecule has 1 saturated heterocycles. The molecule has 26 heavy (non-hydrogen) atoms. The van der Waals surface area contributed by atoms with Gasteiger partial charge in [-0.15, -0.1) is 0 Å². The van der Waals surface area contributed by atoms with Crippen LogP contribution < -0.4 is 0 Å². The van der Waals surface area contributed by atoms with Crippen molar-refractivity contribution in [3.63, 3.8) is 0 Å². The Morgan fingerprint density at radius 2 is 2.23 bits per heavy atom. The first-order chi connectivity index (χ1) is 12.7. The average molecular weight is 347 g/mol. The number of aromatic nitrogens is 3. The first kappa shape index (κ1) is 16.9. The highest BCUT2D eigenvalue weighted by Crippen LogP contribution is 2.23. The van der Waals surface area contributed by atoms with Gasteiger partial charge in [-0.1, -0.05) is 12.1 Å². The van der Waals surface area contributed by atoms with Crippen molar-refractivity contribution >= 4 is 11.0 Å². The van der Waals surface area contributed by atoms with E-state index < -0.39 is 0 Å². The molecule has 5 heteroatoms. The van der Waals surface area contributed by atoms with E-state index in [1.54, 1.807) is 0 Å². The maximum absolute atomic E-state index is 9.24. The Hall–Kier alpha value is -2.58. The molecule has 0 bridgehead atoms. The van der Waals surface area contributed by atoms with Crippen LogP contribution in [0.25, 0.3) is 11.0 Å². The highest BCUT2D eigenvalue weighted by Gasteiger charge is 2.22. The summed E-state index contributed by atoms with van der Waals surface area (Å²) in [6.45, 7) is 6.08. The van der Waals surface area contributed by atoms with Gasteiger partial charge in [0.2, 0.25) is 0 Å². The first-order valence-electron chi connectivity index (χ1n) is 9.50. The summed E-state index contributed by atoms with van der Waals surface area (Å²) >= 11 is 0. The SMILES string of the molecule is CCn1cc(CN2CCCC(Cc3nc4ccccc4[nH]3)C2)cc1C#N. The summed E-state index contributed by atoms with van der Waals surface area (Å²) in [5, 5.41) is 9.24. The number of piperidine rings is 1. The fourth-order valence-corrected chi connectivity index (χ4v) is 4.11. The van der Waals surface area contributed by atoms with Crippen molar-refractivity contribution in [3.8, 4) is 6.07 Å². The van der Waals surface area contributed by atoms with Crippen LogP contribution in [0.5, 0.6) is 0 Å². The van der Waals surface area contributed by atoms with E-state index in [2.05, 4.69) is 41.2 Å². The number of aromatic amines is 1. The topological polar surface area (TPSA) is 60.6 Å². The lowest BCUT2D eigenvalue weighted by Gasteiger charge is -2.32. The minimum Gasteiger partial charge on any atom is -0.342 e. The van der Waals surface area contributed by atoms with Crippen LogP contribution in [0.2, 0.25) is 0 Å².